The van der Waals surface area contributed by atoms with Gasteiger partial charge in [0.1, 0.15) is 0 Å². The molecule has 1 atom stereocenters. The molecule has 1 amide bonds. The van der Waals surface area contributed by atoms with Gasteiger partial charge in [-0.2, -0.15) is 0 Å². The van der Waals surface area contributed by atoms with Gasteiger partial charge in [-0.25, -0.2) is 0 Å². The molecule has 0 saturated carbocycles. The number of nitrogens with zero attached hydrogens (tertiary/aromatic N) is 1. The van der Waals surface area contributed by atoms with Gasteiger partial charge in [-0.3, -0.25) is 4.79 Å². The van der Waals surface area contributed by atoms with Crippen LogP contribution in [-0.4, -0.2) is 29.9 Å². The van der Waals surface area contributed by atoms with Crippen LogP contribution < -0.4 is 5.32 Å². The quantitative estimate of drug-likeness (QED) is 0.905. The van der Waals surface area contributed by atoms with Crippen molar-refractivity contribution in [2.45, 2.75) is 45.7 Å². The van der Waals surface area contributed by atoms with Crippen LogP contribution in [0.4, 0.5) is 0 Å². The zero-order valence-electron chi connectivity index (χ0n) is 12.1. The predicted octanol–water partition coefficient (Wildman–Crippen LogP) is 2.52. The van der Waals surface area contributed by atoms with E-state index >= 15 is 0 Å². The maximum atomic E-state index is 12.2. The molecule has 1 aliphatic heterocycles. The van der Waals surface area contributed by atoms with E-state index in [4.69, 9.17) is 0 Å². The maximum absolute atomic E-state index is 12.2. The van der Waals surface area contributed by atoms with Gasteiger partial charge < -0.3 is 10.2 Å². The molecule has 0 aromatic heterocycles. The van der Waals surface area contributed by atoms with Gasteiger partial charge in [-0.05, 0) is 36.9 Å². The first kappa shape index (κ1) is 14.1. The fourth-order valence-electron chi connectivity index (χ4n) is 2.45. The minimum absolute atomic E-state index is 0.0579. The van der Waals surface area contributed by atoms with E-state index in [-0.39, 0.29) is 11.9 Å². The minimum Gasteiger partial charge on any atom is -0.337 e. The van der Waals surface area contributed by atoms with Crippen molar-refractivity contribution in [2.24, 2.45) is 0 Å². The SMILES string of the molecule is CC1NCCCN(Cc2ccc(C(C)C)cc2)C1=O. The Balaban J connectivity index is 2.05. The highest BCUT2D eigenvalue weighted by atomic mass is 16.2. The molecule has 3 nitrogen and oxygen atoms in total. The molecule has 0 bridgehead atoms. The average Bonchev–Trinajstić information content (AvgIpc) is 2.55. The Hall–Kier alpha value is -1.35. The first-order valence-corrected chi connectivity index (χ1v) is 7.19. The summed E-state index contributed by atoms with van der Waals surface area (Å²) in [4.78, 5) is 14.2. The summed E-state index contributed by atoms with van der Waals surface area (Å²) in [5.41, 5.74) is 2.56. The van der Waals surface area contributed by atoms with Crippen molar-refractivity contribution in [2.75, 3.05) is 13.1 Å². The second-order valence-corrected chi connectivity index (χ2v) is 5.69. The van der Waals surface area contributed by atoms with Crippen LogP contribution in [0.3, 0.4) is 0 Å². The number of nitrogens with one attached hydrogen (secondary N) is 1. The number of amides is 1. The predicted molar refractivity (Wildman–Crippen MR) is 78.0 cm³/mol. The number of benzene rings is 1. The average molecular weight is 260 g/mol. The molecule has 0 radical (unpaired) electrons. The van der Waals surface area contributed by atoms with Gasteiger partial charge in [0.05, 0.1) is 6.04 Å². The number of hydrogen-bond acceptors (Lipinski definition) is 2. The van der Waals surface area contributed by atoms with Crippen LogP contribution in [0.1, 0.15) is 44.2 Å². The molecule has 1 fully saturated rings. The fraction of sp³-hybridized carbons (Fsp3) is 0.562. The number of carbonyl (C=O) groups is 1. The van der Waals surface area contributed by atoms with Crippen molar-refractivity contribution < 1.29 is 4.79 Å². The first-order chi connectivity index (χ1) is 9.08. The molecule has 1 aliphatic rings. The van der Waals surface area contributed by atoms with E-state index in [9.17, 15) is 4.79 Å². The Morgan fingerprint density at radius 1 is 1.32 bits per heavy atom. The molecular formula is C16H24N2O. The molecule has 1 saturated heterocycles. The minimum atomic E-state index is -0.0579. The van der Waals surface area contributed by atoms with Crippen LogP contribution in [-0.2, 0) is 11.3 Å². The van der Waals surface area contributed by atoms with Gasteiger partial charge in [-0.1, -0.05) is 38.1 Å². The van der Waals surface area contributed by atoms with Gasteiger partial charge >= 0.3 is 0 Å². The van der Waals surface area contributed by atoms with E-state index in [2.05, 4.69) is 43.4 Å². The van der Waals surface area contributed by atoms with Gasteiger partial charge in [-0.15, -0.1) is 0 Å². The van der Waals surface area contributed by atoms with Crippen molar-refractivity contribution in [3.05, 3.63) is 35.4 Å². The third-order valence-electron chi connectivity index (χ3n) is 3.76. The fourth-order valence-corrected chi connectivity index (χ4v) is 2.45. The summed E-state index contributed by atoms with van der Waals surface area (Å²) in [6, 6.07) is 8.57. The summed E-state index contributed by atoms with van der Waals surface area (Å²) in [7, 11) is 0. The van der Waals surface area contributed by atoms with Gasteiger partial charge in [0.15, 0.2) is 0 Å². The second kappa shape index (κ2) is 6.20. The first-order valence-electron chi connectivity index (χ1n) is 7.19. The Bertz CT molecular complexity index is 425. The molecule has 1 aromatic rings. The molecule has 19 heavy (non-hydrogen) atoms. The lowest BCUT2D eigenvalue weighted by molar-refractivity contribution is -0.132. The Morgan fingerprint density at radius 3 is 2.63 bits per heavy atom. The van der Waals surface area contributed by atoms with E-state index in [1.165, 1.54) is 11.1 Å². The lowest BCUT2D eigenvalue weighted by Crippen LogP contribution is -2.41. The van der Waals surface area contributed by atoms with Crippen molar-refractivity contribution in [3.8, 4) is 0 Å². The summed E-state index contributed by atoms with van der Waals surface area (Å²) in [5.74, 6) is 0.767. The van der Waals surface area contributed by atoms with E-state index in [1.54, 1.807) is 0 Å². The Morgan fingerprint density at radius 2 is 2.00 bits per heavy atom. The van der Waals surface area contributed by atoms with Crippen LogP contribution in [0.2, 0.25) is 0 Å². The van der Waals surface area contributed by atoms with Crippen LogP contribution in [0, 0.1) is 0 Å². The van der Waals surface area contributed by atoms with Gasteiger partial charge in [0.25, 0.3) is 0 Å². The highest BCUT2D eigenvalue weighted by Gasteiger charge is 2.22. The lowest BCUT2D eigenvalue weighted by Gasteiger charge is -2.23. The summed E-state index contributed by atoms with van der Waals surface area (Å²) in [5, 5.41) is 3.24. The molecule has 1 N–H and O–H groups in total. The molecule has 104 valence electrons. The molecule has 3 heteroatoms. The topological polar surface area (TPSA) is 32.3 Å². The van der Waals surface area contributed by atoms with Crippen molar-refractivity contribution in [1.29, 1.82) is 0 Å². The molecule has 2 rings (SSSR count). The normalized spacial score (nSPS) is 20.7. The molecule has 1 aromatic carbocycles. The van der Waals surface area contributed by atoms with Gasteiger partial charge in [0, 0.05) is 13.1 Å². The summed E-state index contributed by atoms with van der Waals surface area (Å²) in [6.07, 6.45) is 1.03. The molecule has 1 heterocycles. The van der Waals surface area contributed by atoms with Crippen LogP contribution >= 0.6 is 0 Å². The van der Waals surface area contributed by atoms with Crippen molar-refractivity contribution in [3.63, 3.8) is 0 Å². The van der Waals surface area contributed by atoms with E-state index < -0.39 is 0 Å². The van der Waals surface area contributed by atoms with E-state index in [0.717, 1.165) is 26.1 Å². The molecule has 0 aliphatic carbocycles. The summed E-state index contributed by atoms with van der Waals surface area (Å²) < 4.78 is 0. The molecular weight excluding hydrogens is 236 g/mol. The standard InChI is InChI=1S/C16H24N2O/c1-12(2)15-7-5-14(6-8-15)11-18-10-4-9-17-13(3)16(18)19/h5-8,12-13,17H,4,9-11H2,1-3H3. The number of rotatable bonds is 3. The van der Waals surface area contributed by atoms with Crippen molar-refractivity contribution in [1.82, 2.24) is 10.2 Å². The van der Waals surface area contributed by atoms with Crippen LogP contribution in [0.15, 0.2) is 24.3 Å². The molecule has 0 spiro atoms. The smallest absolute Gasteiger partial charge is 0.239 e. The Labute approximate surface area is 116 Å². The molecule has 1 unspecified atom stereocenters. The highest BCUT2D eigenvalue weighted by molar-refractivity contribution is 5.81. The highest BCUT2D eigenvalue weighted by Crippen LogP contribution is 2.16. The van der Waals surface area contributed by atoms with E-state index in [1.807, 2.05) is 11.8 Å². The zero-order chi connectivity index (χ0) is 13.8. The monoisotopic (exact) mass is 260 g/mol. The van der Waals surface area contributed by atoms with E-state index in [0.29, 0.717) is 5.92 Å². The van der Waals surface area contributed by atoms with Crippen LogP contribution in [0.5, 0.6) is 0 Å². The number of carbonyl (C=O) groups excluding carboxylic acids is 1. The maximum Gasteiger partial charge on any atom is 0.239 e. The lowest BCUT2D eigenvalue weighted by atomic mass is 10.0. The third kappa shape index (κ3) is 3.57. The second-order valence-electron chi connectivity index (χ2n) is 5.69. The summed E-state index contributed by atoms with van der Waals surface area (Å²) >= 11 is 0. The summed E-state index contributed by atoms with van der Waals surface area (Å²) in [6.45, 7) is 8.84. The number of hydrogen-bond donors (Lipinski definition) is 1. The van der Waals surface area contributed by atoms with Gasteiger partial charge in [0.2, 0.25) is 5.91 Å². The Kier molecular flexibility index (Phi) is 4.59. The largest absolute Gasteiger partial charge is 0.337 e. The third-order valence-corrected chi connectivity index (χ3v) is 3.76. The van der Waals surface area contributed by atoms with Crippen molar-refractivity contribution >= 4 is 5.91 Å². The zero-order valence-corrected chi connectivity index (χ0v) is 12.1. The van der Waals surface area contributed by atoms with Crippen LogP contribution in [0.25, 0.3) is 0 Å².